The van der Waals surface area contributed by atoms with Crippen molar-refractivity contribution in [1.82, 2.24) is 9.97 Å². The predicted octanol–water partition coefficient (Wildman–Crippen LogP) is 2.93. The summed E-state index contributed by atoms with van der Waals surface area (Å²) in [6, 6.07) is 9.51. The SMILES string of the molecule is S=c1ncc(Oc2ccccc2)c[nH]1. The minimum atomic E-state index is 0.449. The Bertz CT molecular complexity index is 447. The third-order valence-electron chi connectivity index (χ3n) is 1.63. The summed E-state index contributed by atoms with van der Waals surface area (Å²) in [6.07, 6.45) is 3.27. The molecule has 1 N–H and O–H groups in total. The van der Waals surface area contributed by atoms with E-state index in [1.165, 1.54) is 0 Å². The van der Waals surface area contributed by atoms with Crippen molar-refractivity contribution in [3.8, 4) is 11.5 Å². The Hall–Kier alpha value is -1.68. The molecule has 2 aromatic rings. The molecule has 0 aliphatic rings. The molecule has 1 aromatic heterocycles. The summed E-state index contributed by atoms with van der Waals surface area (Å²) < 4.78 is 5.94. The maximum Gasteiger partial charge on any atom is 0.196 e. The van der Waals surface area contributed by atoms with Crippen LogP contribution in [0.4, 0.5) is 0 Å². The van der Waals surface area contributed by atoms with E-state index in [2.05, 4.69) is 9.97 Å². The van der Waals surface area contributed by atoms with E-state index in [0.717, 1.165) is 5.75 Å². The van der Waals surface area contributed by atoms with Gasteiger partial charge in [-0.05, 0) is 24.4 Å². The summed E-state index contributed by atoms with van der Waals surface area (Å²) in [5.74, 6) is 1.42. The van der Waals surface area contributed by atoms with Gasteiger partial charge in [-0.25, -0.2) is 4.98 Å². The van der Waals surface area contributed by atoms with Gasteiger partial charge in [0, 0.05) is 6.20 Å². The lowest BCUT2D eigenvalue weighted by Gasteiger charge is -2.03. The Morgan fingerprint density at radius 3 is 2.57 bits per heavy atom. The molecule has 14 heavy (non-hydrogen) atoms. The molecule has 0 unspecified atom stereocenters. The van der Waals surface area contributed by atoms with E-state index in [-0.39, 0.29) is 0 Å². The Kier molecular flexibility index (Phi) is 2.55. The molecule has 0 atom stereocenters. The summed E-state index contributed by atoms with van der Waals surface area (Å²) in [5, 5.41) is 0. The van der Waals surface area contributed by atoms with Crippen LogP contribution in [0.15, 0.2) is 42.7 Å². The van der Waals surface area contributed by atoms with Gasteiger partial charge in [0.05, 0.1) is 6.20 Å². The molecule has 0 saturated heterocycles. The number of aromatic amines is 1. The zero-order chi connectivity index (χ0) is 9.80. The Morgan fingerprint density at radius 1 is 1.14 bits per heavy atom. The fourth-order valence-electron chi connectivity index (χ4n) is 1.01. The second kappa shape index (κ2) is 4.02. The maximum atomic E-state index is 5.49. The molecule has 0 aliphatic heterocycles. The Morgan fingerprint density at radius 2 is 1.93 bits per heavy atom. The van der Waals surface area contributed by atoms with Crippen LogP contribution in [-0.4, -0.2) is 9.97 Å². The molecule has 3 nitrogen and oxygen atoms in total. The highest BCUT2D eigenvalue weighted by molar-refractivity contribution is 7.71. The largest absolute Gasteiger partial charge is 0.454 e. The number of nitrogens with one attached hydrogen (secondary N) is 1. The van der Waals surface area contributed by atoms with E-state index in [1.807, 2.05) is 30.3 Å². The van der Waals surface area contributed by atoms with Gasteiger partial charge in [0.2, 0.25) is 0 Å². The second-order valence-corrected chi connectivity index (χ2v) is 3.06. The third kappa shape index (κ3) is 2.17. The van der Waals surface area contributed by atoms with Crippen LogP contribution < -0.4 is 4.74 Å². The van der Waals surface area contributed by atoms with Crippen molar-refractivity contribution in [2.24, 2.45) is 0 Å². The summed E-state index contributed by atoms with van der Waals surface area (Å²) in [6.45, 7) is 0. The lowest BCUT2D eigenvalue weighted by molar-refractivity contribution is 0.477. The topological polar surface area (TPSA) is 37.9 Å². The van der Waals surface area contributed by atoms with Gasteiger partial charge in [-0.3, -0.25) is 0 Å². The second-order valence-electron chi connectivity index (χ2n) is 2.67. The van der Waals surface area contributed by atoms with Crippen molar-refractivity contribution < 1.29 is 4.74 Å². The van der Waals surface area contributed by atoms with Gasteiger partial charge in [0.15, 0.2) is 10.5 Å². The number of benzene rings is 1. The number of ether oxygens (including phenoxy) is 1. The smallest absolute Gasteiger partial charge is 0.196 e. The molecule has 70 valence electrons. The average Bonchev–Trinajstić information content (AvgIpc) is 2.23. The van der Waals surface area contributed by atoms with Crippen molar-refractivity contribution in [2.75, 3.05) is 0 Å². The first-order chi connectivity index (χ1) is 6.84. The first-order valence-corrected chi connectivity index (χ1v) is 4.53. The van der Waals surface area contributed by atoms with Crippen molar-refractivity contribution in [3.05, 3.63) is 47.5 Å². The van der Waals surface area contributed by atoms with Crippen LogP contribution in [0.1, 0.15) is 0 Å². The number of H-pyrrole nitrogens is 1. The first-order valence-electron chi connectivity index (χ1n) is 4.12. The van der Waals surface area contributed by atoms with Gasteiger partial charge in [0.1, 0.15) is 5.75 Å². The highest BCUT2D eigenvalue weighted by Gasteiger charge is 1.94. The number of rotatable bonds is 2. The lowest BCUT2D eigenvalue weighted by Crippen LogP contribution is -1.86. The number of hydrogen-bond donors (Lipinski definition) is 1. The Balaban J connectivity index is 2.19. The summed E-state index contributed by atoms with van der Waals surface area (Å²) in [5.41, 5.74) is 0. The quantitative estimate of drug-likeness (QED) is 0.764. The molecule has 4 heteroatoms. The number of nitrogens with zero attached hydrogens (tertiary/aromatic N) is 1. The molecule has 0 bridgehead atoms. The molecule has 0 radical (unpaired) electrons. The van der Waals surface area contributed by atoms with Crippen molar-refractivity contribution in [3.63, 3.8) is 0 Å². The summed E-state index contributed by atoms with van der Waals surface area (Å²) >= 11 is 4.81. The highest BCUT2D eigenvalue weighted by atomic mass is 32.1. The van der Waals surface area contributed by atoms with Crippen LogP contribution >= 0.6 is 12.2 Å². The van der Waals surface area contributed by atoms with Gasteiger partial charge in [0.25, 0.3) is 0 Å². The minimum absolute atomic E-state index is 0.449. The number of aromatic nitrogens is 2. The normalized spacial score (nSPS) is 9.71. The first kappa shape index (κ1) is 8.90. The van der Waals surface area contributed by atoms with Gasteiger partial charge >= 0.3 is 0 Å². The molecule has 1 aromatic carbocycles. The predicted molar refractivity (Wildman–Crippen MR) is 55.9 cm³/mol. The molecule has 0 saturated carbocycles. The molecule has 0 fully saturated rings. The Labute approximate surface area is 86.4 Å². The summed E-state index contributed by atoms with van der Waals surface area (Å²) in [4.78, 5) is 6.71. The maximum absolute atomic E-state index is 5.49. The van der Waals surface area contributed by atoms with Crippen LogP contribution in [0.3, 0.4) is 0 Å². The standard InChI is InChI=1S/C10H8N2OS/c14-10-11-6-9(7-12-10)13-8-4-2-1-3-5-8/h1-7H,(H,11,12,14). The fourth-order valence-corrected chi connectivity index (χ4v) is 1.12. The zero-order valence-corrected chi connectivity index (χ0v) is 8.12. The van der Waals surface area contributed by atoms with Crippen molar-refractivity contribution in [1.29, 1.82) is 0 Å². The molecule has 0 aliphatic carbocycles. The van der Waals surface area contributed by atoms with Gasteiger partial charge in [-0.15, -0.1) is 0 Å². The highest BCUT2D eigenvalue weighted by Crippen LogP contribution is 2.18. The monoisotopic (exact) mass is 204 g/mol. The summed E-state index contributed by atoms with van der Waals surface area (Å²) in [7, 11) is 0. The van der Waals surface area contributed by atoms with Crippen molar-refractivity contribution >= 4 is 12.2 Å². The van der Waals surface area contributed by atoms with E-state index < -0.39 is 0 Å². The third-order valence-corrected chi connectivity index (χ3v) is 1.85. The molecule has 2 rings (SSSR count). The fraction of sp³-hybridized carbons (Fsp3) is 0. The molecular formula is C10H8N2OS. The van der Waals surface area contributed by atoms with Crippen LogP contribution in [0.2, 0.25) is 0 Å². The van der Waals surface area contributed by atoms with E-state index in [0.29, 0.717) is 10.5 Å². The van der Waals surface area contributed by atoms with E-state index >= 15 is 0 Å². The van der Waals surface area contributed by atoms with E-state index in [4.69, 9.17) is 17.0 Å². The van der Waals surface area contributed by atoms with Crippen LogP contribution in [0.25, 0.3) is 0 Å². The number of para-hydroxylation sites is 1. The minimum Gasteiger partial charge on any atom is -0.454 e. The molecular weight excluding hydrogens is 196 g/mol. The lowest BCUT2D eigenvalue weighted by atomic mass is 10.3. The van der Waals surface area contributed by atoms with E-state index in [1.54, 1.807) is 12.4 Å². The molecule has 0 spiro atoms. The molecule has 1 heterocycles. The van der Waals surface area contributed by atoms with Crippen LogP contribution in [0.5, 0.6) is 11.5 Å². The van der Waals surface area contributed by atoms with Gasteiger partial charge in [-0.1, -0.05) is 18.2 Å². The number of hydrogen-bond acceptors (Lipinski definition) is 3. The van der Waals surface area contributed by atoms with Gasteiger partial charge in [-0.2, -0.15) is 0 Å². The van der Waals surface area contributed by atoms with Gasteiger partial charge < -0.3 is 9.72 Å². The van der Waals surface area contributed by atoms with E-state index in [9.17, 15) is 0 Å². The van der Waals surface area contributed by atoms with Crippen molar-refractivity contribution in [2.45, 2.75) is 0 Å². The molecule has 0 amide bonds. The zero-order valence-electron chi connectivity index (χ0n) is 7.31. The van der Waals surface area contributed by atoms with Crippen LogP contribution in [-0.2, 0) is 0 Å². The average molecular weight is 204 g/mol. The van der Waals surface area contributed by atoms with Crippen LogP contribution in [0, 0.1) is 4.77 Å².